The lowest BCUT2D eigenvalue weighted by atomic mass is 9.88. The van der Waals surface area contributed by atoms with Crippen LogP contribution in [0.5, 0.6) is 0 Å². The summed E-state index contributed by atoms with van der Waals surface area (Å²) in [7, 11) is 0. The first-order chi connectivity index (χ1) is 7.74. The fraction of sp³-hybridized carbons (Fsp3) is 0.667. The highest BCUT2D eigenvalue weighted by Crippen LogP contribution is 2.30. The Morgan fingerprint density at radius 1 is 1.38 bits per heavy atom. The SMILES string of the molecule is CCCN1CCC(O)(c2cnccn2)CC1. The Kier molecular flexibility index (Phi) is 3.51. The lowest BCUT2D eigenvalue weighted by Gasteiger charge is -2.37. The number of aromatic nitrogens is 2. The third-order valence-electron chi connectivity index (χ3n) is 3.26. The molecule has 0 saturated carbocycles. The Morgan fingerprint density at radius 3 is 2.69 bits per heavy atom. The van der Waals surface area contributed by atoms with Crippen molar-refractivity contribution >= 4 is 0 Å². The van der Waals surface area contributed by atoms with E-state index in [1.165, 1.54) is 6.42 Å². The third-order valence-corrected chi connectivity index (χ3v) is 3.26. The van der Waals surface area contributed by atoms with Crippen LogP contribution in [0.25, 0.3) is 0 Å². The van der Waals surface area contributed by atoms with Crippen LogP contribution in [0.15, 0.2) is 18.6 Å². The molecule has 0 aromatic carbocycles. The second-order valence-corrected chi connectivity index (χ2v) is 4.46. The summed E-state index contributed by atoms with van der Waals surface area (Å²) in [5.74, 6) is 0. The fourth-order valence-electron chi connectivity index (χ4n) is 2.26. The van der Waals surface area contributed by atoms with Crippen molar-refractivity contribution in [1.82, 2.24) is 14.9 Å². The molecule has 16 heavy (non-hydrogen) atoms. The van der Waals surface area contributed by atoms with E-state index in [1.54, 1.807) is 18.6 Å². The summed E-state index contributed by atoms with van der Waals surface area (Å²) in [5.41, 5.74) is -0.0513. The second-order valence-electron chi connectivity index (χ2n) is 4.46. The average Bonchev–Trinajstić information content (AvgIpc) is 2.34. The average molecular weight is 221 g/mol. The molecule has 1 saturated heterocycles. The van der Waals surface area contributed by atoms with Crippen LogP contribution in [0.2, 0.25) is 0 Å². The zero-order valence-corrected chi connectivity index (χ0v) is 9.76. The number of aliphatic hydroxyl groups is 1. The molecule has 1 N–H and O–H groups in total. The van der Waals surface area contributed by atoms with Crippen molar-refractivity contribution in [3.05, 3.63) is 24.3 Å². The van der Waals surface area contributed by atoms with Gasteiger partial charge in [-0.05, 0) is 25.8 Å². The van der Waals surface area contributed by atoms with Crippen LogP contribution in [0.4, 0.5) is 0 Å². The van der Waals surface area contributed by atoms with E-state index in [1.807, 2.05) is 0 Å². The molecule has 1 aliphatic rings. The first-order valence-corrected chi connectivity index (χ1v) is 5.96. The van der Waals surface area contributed by atoms with Gasteiger partial charge in [-0.2, -0.15) is 0 Å². The summed E-state index contributed by atoms with van der Waals surface area (Å²) in [4.78, 5) is 10.6. The smallest absolute Gasteiger partial charge is 0.110 e. The van der Waals surface area contributed by atoms with Crippen LogP contribution in [0, 0.1) is 0 Å². The Labute approximate surface area is 96.3 Å². The molecule has 4 nitrogen and oxygen atoms in total. The monoisotopic (exact) mass is 221 g/mol. The first kappa shape index (κ1) is 11.5. The molecule has 88 valence electrons. The molecule has 2 heterocycles. The molecule has 4 heteroatoms. The number of rotatable bonds is 3. The quantitative estimate of drug-likeness (QED) is 0.832. The number of piperidine rings is 1. The van der Waals surface area contributed by atoms with Crippen molar-refractivity contribution < 1.29 is 5.11 Å². The minimum absolute atomic E-state index is 0.714. The van der Waals surface area contributed by atoms with E-state index in [-0.39, 0.29) is 0 Å². The molecule has 0 bridgehead atoms. The topological polar surface area (TPSA) is 49.2 Å². The van der Waals surface area contributed by atoms with Crippen LogP contribution in [-0.4, -0.2) is 39.6 Å². The number of likely N-dealkylation sites (tertiary alicyclic amines) is 1. The van der Waals surface area contributed by atoms with Crippen LogP contribution < -0.4 is 0 Å². The summed E-state index contributed by atoms with van der Waals surface area (Å²) >= 11 is 0. The molecule has 0 radical (unpaired) electrons. The second kappa shape index (κ2) is 4.89. The van der Waals surface area contributed by atoms with Crippen molar-refractivity contribution in [2.24, 2.45) is 0 Å². The first-order valence-electron chi connectivity index (χ1n) is 5.96. The molecule has 0 amide bonds. The van der Waals surface area contributed by atoms with Crippen molar-refractivity contribution in [3.63, 3.8) is 0 Å². The molecular weight excluding hydrogens is 202 g/mol. The Hall–Kier alpha value is -1.00. The van der Waals surface area contributed by atoms with Crippen molar-refractivity contribution in [1.29, 1.82) is 0 Å². The molecule has 1 aromatic rings. The highest BCUT2D eigenvalue weighted by molar-refractivity contribution is 5.09. The molecule has 0 atom stereocenters. The molecule has 0 spiro atoms. The largest absolute Gasteiger partial charge is 0.383 e. The highest BCUT2D eigenvalue weighted by atomic mass is 16.3. The van der Waals surface area contributed by atoms with Gasteiger partial charge in [-0.15, -0.1) is 0 Å². The fourth-order valence-corrected chi connectivity index (χ4v) is 2.26. The Morgan fingerprint density at radius 2 is 2.12 bits per heavy atom. The van der Waals surface area contributed by atoms with Gasteiger partial charge in [0.25, 0.3) is 0 Å². The van der Waals surface area contributed by atoms with E-state index in [0.29, 0.717) is 5.69 Å². The number of hydrogen-bond donors (Lipinski definition) is 1. The molecule has 1 fully saturated rings. The summed E-state index contributed by atoms with van der Waals surface area (Å²) in [5, 5.41) is 10.5. The standard InChI is InChI=1S/C12H19N3O/c1-2-7-15-8-3-12(16,4-9-15)11-10-13-5-6-14-11/h5-6,10,16H,2-4,7-9H2,1H3. The Bertz CT molecular complexity index is 320. The van der Waals surface area contributed by atoms with Gasteiger partial charge in [-0.25, -0.2) is 0 Å². The van der Waals surface area contributed by atoms with Crippen LogP contribution in [0.1, 0.15) is 31.9 Å². The molecule has 1 aromatic heterocycles. The maximum Gasteiger partial charge on any atom is 0.110 e. The predicted octanol–water partition coefficient (Wildman–Crippen LogP) is 1.17. The minimum Gasteiger partial charge on any atom is -0.383 e. The highest BCUT2D eigenvalue weighted by Gasteiger charge is 2.34. The van der Waals surface area contributed by atoms with E-state index in [9.17, 15) is 5.11 Å². The lowest BCUT2D eigenvalue weighted by Crippen LogP contribution is -2.43. The van der Waals surface area contributed by atoms with Gasteiger partial charge in [0.2, 0.25) is 0 Å². The van der Waals surface area contributed by atoms with Gasteiger partial charge >= 0.3 is 0 Å². The van der Waals surface area contributed by atoms with Crippen LogP contribution in [-0.2, 0) is 5.60 Å². The van der Waals surface area contributed by atoms with Gasteiger partial charge < -0.3 is 10.0 Å². The third kappa shape index (κ3) is 2.39. The van der Waals surface area contributed by atoms with Gasteiger partial charge in [0, 0.05) is 25.5 Å². The summed E-state index contributed by atoms with van der Waals surface area (Å²) < 4.78 is 0. The summed E-state index contributed by atoms with van der Waals surface area (Å²) in [6.07, 6.45) is 7.64. The summed E-state index contributed by atoms with van der Waals surface area (Å²) in [6.45, 7) is 5.20. The van der Waals surface area contributed by atoms with E-state index >= 15 is 0 Å². The van der Waals surface area contributed by atoms with E-state index < -0.39 is 5.60 Å². The van der Waals surface area contributed by atoms with Crippen molar-refractivity contribution in [2.75, 3.05) is 19.6 Å². The number of hydrogen-bond acceptors (Lipinski definition) is 4. The predicted molar refractivity (Wildman–Crippen MR) is 61.9 cm³/mol. The van der Waals surface area contributed by atoms with E-state index in [0.717, 1.165) is 32.5 Å². The maximum atomic E-state index is 10.5. The molecular formula is C12H19N3O. The zero-order valence-electron chi connectivity index (χ0n) is 9.76. The van der Waals surface area contributed by atoms with Gasteiger partial charge in [-0.3, -0.25) is 9.97 Å². The molecule has 0 unspecified atom stereocenters. The van der Waals surface area contributed by atoms with E-state index in [2.05, 4.69) is 21.8 Å². The van der Waals surface area contributed by atoms with E-state index in [4.69, 9.17) is 0 Å². The van der Waals surface area contributed by atoms with Gasteiger partial charge in [0.15, 0.2) is 0 Å². The van der Waals surface area contributed by atoms with Gasteiger partial charge in [0.05, 0.1) is 11.9 Å². The molecule has 0 aliphatic carbocycles. The summed E-state index contributed by atoms with van der Waals surface area (Å²) in [6, 6.07) is 0. The molecule has 1 aliphatic heterocycles. The maximum absolute atomic E-state index is 10.5. The van der Waals surface area contributed by atoms with Crippen LogP contribution >= 0.6 is 0 Å². The van der Waals surface area contributed by atoms with Gasteiger partial charge in [-0.1, -0.05) is 6.92 Å². The normalized spacial score (nSPS) is 20.9. The zero-order chi connectivity index (χ0) is 11.4. The van der Waals surface area contributed by atoms with Crippen LogP contribution in [0.3, 0.4) is 0 Å². The Balaban J connectivity index is 2.01. The lowest BCUT2D eigenvalue weighted by molar-refractivity contribution is -0.0294. The van der Waals surface area contributed by atoms with Crippen molar-refractivity contribution in [2.45, 2.75) is 31.8 Å². The minimum atomic E-state index is -0.765. The van der Waals surface area contributed by atoms with Gasteiger partial charge in [0.1, 0.15) is 5.60 Å². The molecule has 2 rings (SSSR count). The van der Waals surface area contributed by atoms with Crippen molar-refractivity contribution in [3.8, 4) is 0 Å². The number of nitrogens with zero attached hydrogens (tertiary/aromatic N) is 3.